The number of nitrogens with one attached hydrogen (secondary N) is 2. The third-order valence-electron chi connectivity index (χ3n) is 4.54. The highest BCUT2D eigenvalue weighted by Gasteiger charge is 2.13. The number of methoxy groups -OCH3 is 1. The lowest BCUT2D eigenvalue weighted by molar-refractivity contribution is -0.116. The molecule has 0 saturated heterocycles. The van der Waals surface area contributed by atoms with Gasteiger partial charge in [-0.3, -0.25) is 14.5 Å². The summed E-state index contributed by atoms with van der Waals surface area (Å²) in [7, 11) is 1.60. The fourth-order valence-corrected chi connectivity index (χ4v) is 3.95. The lowest BCUT2D eigenvalue weighted by atomic mass is 10.2. The summed E-state index contributed by atoms with van der Waals surface area (Å²) in [6.07, 6.45) is 0.186. The van der Waals surface area contributed by atoms with Crippen LogP contribution in [0.25, 0.3) is 22.6 Å². The van der Waals surface area contributed by atoms with Gasteiger partial charge < -0.3 is 10.1 Å². The van der Waals surface area contributed by atoms with Crippen molar-refractivity contribution in [1.29, 1.82) is 0 Å². The largest absolute Gasteiger partial charge is 0.497 e. The highest BCUT2D eigenvalue weighted by Crippen LogP contribution is 2.26. The van der Waals surface area contributed by atoms with Crippen molar-refractivity contribution < 1.29 is 13.9 Å². The fraction of sp³-hybridized carbons (Fsp3) is 0.143. The first-order valence-electron chi connectivity index (χ1n) is 9.34. The molecule has 0 unspecified atom stereocenters. The maximum atomic E-state index is 13.4. The number of benzene rings is 2. The Morgan fingerprint density at radius 3 is 2.81 bits per heavy atom. The number of H-pyrrole nitrogens is 1. The number of anilines is 1. The second-order valence-electron chi connectivity index (χ2n) is 6.58. The Morgan fingerprint density at radius 2 is 2.06 bits per heavy atom. The number of hydrogen-bond donors (Lipinski definition) is 2. The van der Waals surface area contributed by atoms with Crippen molar-refractivity contribution in [2.24, 2.45) is 0 Å². The minimum absolute atomic E-state index is 0.186. The molecule has 0 radical (unpaired) electrons. The van der Waals surface area contributed by atoms with Gasteiger partial charge in [0.05, 0.1) is 12.8 Å². The summed E-state index contributed by atoms with van der Waals surface area (Å²) in [6, 6.07) is 13.6. The van der Waals surface area contributed by atoms with Gasteiger partial charge in [0.2, 0.25) is 5.91 Å². The Labute approximate surface area is 186 Å². The van der Waals surface area contributed by atoms with Gasteiger partial charge in [0.15, 0.2) is 15.7 Å². The summed E-state index contributed by atoms with van der Waals surface area (Å²) in [4.78, 5) is 16.8. The number of carbonyl (C=O) groups is 1. The monoisotopic (exact) mass is 455 g/mol. The quantitative estimate of drug-likeness (QED) is 0.387. The van der Waals surface area contributed by atoms with E-state index in [4.69, 9.17) is 17.0 Å². The first-order chi connectivity index (χ1) is 15.0. The Balaban J connectivity index is 1.42. The number of carbonyl (C=O) groups excluding carboxylic acids is 1. The van der Waals surface area contributed by atoms with Crippen LogP contribution in [-0.4, -0.2) is 32.8 Å². The summed E-state index contributed by atoms with van der Waals surface area (Å²) in [6.45, 7) is 0.352. The number of aromatic amines is 1. The van der Waals surface area contributed by atoms with Crippen LogP contribution in [0, 0.1) is 10.6 Å². The molecule has 4 rings (SSSR count). The number of ether oxygens (including phenoxy) is 1. The molecule has 31 heavy (non-hydrogen) atoms. The van der Waals surface area contributed by atoms with E-state index in [-0.39, 0.29) is 18.1 Å². The average Bonchev–Trinajstić information content (AvgIpc) is 3.39. The van der Waals surface area contributed by atoms with E-state index in [2.05, 4.69) is 20.5 Å². The summed E-state index contributed by atoms with van der Waals surface area (Å²) >= 11 is 6.60. The summed E-state index contributed by atoms with van der Waals surface area (Å²) in [5.41, 5.74) is 2.12. The van der Waals surface area contributed by atoms with E-state index in [9.17, 15) is 9.18 Å². The molecular formula is C21H18FN5O2S2. The zero-order valence-electron chi connectivity index (χ0n) is 16.5. The first-order valence-corrected chi connectivity index (χ1v) is 10.6. The number of nitrogens with zero attached hydrogens (tertiary/aromatic N) is 3. The molecule has 2 heterocycles. The minimum atomic E-state index is -0.333. The van der Waals surface area contributed by atoms with Crippen LogP contribution in [-0.2, 0) is 11.3 Å². The number of rotatable bonds is 7. The molecule has 0 saturated carbocycles. The van der Waals surface area contributed by atoms with E-state index in [1.165, 1.54) is 23.5 Å². The average molecular weight is 456 g/mol. The van der Waals surface area contributed by atoms with E-state index in [1.807, 2.05) is 24.3 Å². The van der Waals surface area contributed by atoms with Crippen molar-refractivity contribution in [2.45, 2.75) is 13.0 Å². The van der Waals surface area contributed by atoms with Crippen molar-refractivity contribution in [3.8, 4) is 28.4 Å². The number of halogens is 1. The molecular weight excluding hydrogens is 437 g/mol. The number of hydrogen-bond acceptors (Lipinski definition) is 6. The van der Waals surface area contributed by atoms with Gasteiger partial charge in [0.1, 0.15) is 11.6 Å². The van der Waals surface area contributed by atoms with Crippen LogP contribution >= 0.6 is 23.6 Å². The van der Waals surface area contributed by atoms with Gasteiger partial charge in [-0.15, -0.1) is 11.3 Å². The van der Waals surface area contributed by atoms with E-state index in [0.29, 0.717) is 33.5 Å². The molecule has 0 aliphatic carbocycles. The third kappa shape index (κ3) is 4.86. The normalized spacial score (nSPS) is 10.8. The molecule has 2 aromatic carbocycles. The zero-order chi connectivity index (χ0) is 21.8. The van der Waals surface area contributed by atoms with Crippen molar-refractivity contribution in [2.75, 3.05) is 12.4 Å². The lowest BCUT2D eigenvalue weighted by Crippen LogP contribution is -2.15. The van der Waals surface area contributed by atoms with Gasteiger partial charge in [0.25, 0.3) is 0 Å². The Kier molecular flexibility index (Phi) is 6.19. The topological polar surface area (TPSA) is 84.8 Å². The highest BCUT2D eigenvalue weighted by molar-refractivity contribution is 7.71. The van der Waals surface area contributed by atoms with Crippen molar-refractivity contribution >= 4 is 34.6 Å². The summed E-state index contributed by atoms with van der Waals surface area (Å²) in [5, 5.41) is 12.1. The van der Waals surface area contributed by atoms with Crippen LogP contribution in [0.2, 0.25) is 0 Å². The molecule has 7 nitrogen and oxygen atoms in total. The predicted octanol–water partition coefficient (Wildman–Crippen LogP) is 4.91. The second kappa shape index (κ2) is 9.19. The zero-order valence-corrected chi connectivity index (χ0v) is 18.1. The van der Waals surface area contributed by atoms with E-state index >= 15 is 0 Å². The van der Waals surface area contributed by atoms with Gasteiger partial charge in [0, 0.05) is 29.5 Å². The standard InChI is InChI=1S/C21H18FN5O2S2/c1-29-16-7-5-13(6-8-16)19-25-26-21(30)27(19)10-9-18(28)24-20-23-17(12-31-20)14-3-2-4-15(22)11-14/h2-8,11-12H,9-10H2,1H3,(H,26,30)(H,23,24,28). The van der Waals surface area contributed by atoms with Crippen LogP contribution in [0.5, 0.6) is 5.75 Å². The van der Waals surface area contributed by atoms with Crippen molar-refractivity contribution in [1.82, 2.24) is 19.7 Å². The molecule has 0 fully saturated rings. The maximum absolute atomic E-state index is 13.4. The van der Waals surface area contributed by atoms with Gasteiger partial charge in [-0.25, -0.2) is 9.37 Å². The Bertz CT molecular complexity index is 1260. The van der Waals surface area contributed by atoms with Crippen LogP contribution < -0.4 is 10.1 Å². The minimum Gasteiger partial charge on any atom is -0.497 e. The lowest BCUT2D eigenvalue weighted by Gasteiger charge is -2.07. The second-order valence-corrected chi connectivity index (χ2v) is 7.82. The van der Waals surface area contributed by atoms with Gasteiger partial charge in [-0.1, -0.05) is 12.1 Å². The molecule has 10 heteroatoms. The SMILES string of the molecule is COc1ccc(-c2n[nH]c(=S)n2CCC(=O)Nc2nc(-c3cccc(F)c3)cs2)cc1. The van der Waals surface area contributed by atoms with E-state index < -0.39 is 0 Å². The third-order valence-corrected chi connectivity index (χ3v) is 5.61. The fourth-order valence-electron chi connectivity index (χ4n) is 2.99. The molecule has 1 amide bonds. The van der Waals surface area contributed by atoms with Gasteiger partial charge in [-0.2, -0.15) is 5.10 Å². The van der Waals surface area contributed by atoms with Crippen LogP contribution in [0.3, 0.4) is 0 Å². The number of aromatic nitrogens is 4. The van der Waals surface area contributed by atoms with Crippen molar-refractivity contribution in [3.05, 3.63) is 64.5 Å². The molecule has 158 valence electrons. The Morgan fingerprint density at radius 1 is 1.26 bits per heavy atom. The molecule has 0 aliphatic rings. The summed E-state index contributed by atoms with van der Waals surface area (Å²) in [5.74, 6) is 0.845. The first kappa shape index (κ1) is 20.9. The van der Waals surface area contributed by atoms with E-state index in [1.54, 1.807) is 29.2 Å². The molecule has 0 spiro atoms. The molecule has 0 aliphatic heterocycles. The number of amides is 1. The smallest absolute Gasteiger partial charge is 0.227 e. The molecule has 2 aromatic heterocycles. The van der Waals surface area contributed by atoms with Crippen LogP contribution in [0.15, 0.2) is 53.9 Å². The van der Waals surface area contributed by atoms with Gasteiger partial charge >= 0.3 is 0 Å². The van der Waals surface area contributed by atoms with E-state index in [0.717, 1.165) is 11.3 Å². The summed E-state index contributed by atoms with van der Waals surface area (Å²) < 4.78 is 20.8. The van der Waals surface area contributed by atoms with Crippen LogP contribution in [0.1, 0.15) is 6.42 Å². The molecule has 2 N–H and O–H groups in total. The molecule has 4 aromatic rings. The van der Waals surface area contributed by atoms with Crippen LogP contribution in [0.4, 0.5) is 9.52 Å². The maximum Gasteiger partial charge on any atom is 0.227 e. The highest BCUT2D eigenvalue weighted by atomic mass is 32.1. The molecule has 0 atom stereocenters. The van der Waals surface area contributed by atoms with Crippen molar-refractivity contribution in [3.63, 3.8) is 0 Å². The Hall–Kier alpha value is -3.37. The molecule has 0 bridgehead atoms. The number of thiazole rings is 1. The van der Waals surface area contributed by atoms with Gasteiger partial charge in [-0.05, 0) is 48.6 Å². The predicted molar refractivity (Wildman–Crippen MR) is 120 cm³/mol.